The van der Waals surface area contributed by atoms with Crippen molar-refractivity contribution in [2.75, 3.05) is 0 Å². The zero-order valence-corrected chi connectivity index (χ0v) is 13.2. The van der Waals surface area contributed by atoms with Crippen LogP contribution < -0.4 is 4.74 Å². The molecule has 20 heavy (non-hydrogen) atoms. The second-order valence-corrected chi connectivity index (χ2v) is 5.48. The van der Waals surface area contributed by atoms with Crippen LogP contribution in [0.1, 0.15) is 35.3 Å². The van der Waals surface area contributed by atoms with Gasteiger partial charge >= 0.3 is 0 Å². The summed E-state index contributed by atoms with van der Waals surface area (Å²) in [5, 5.41) is 0. The van der Waals surface area contributed by atoms with Crippen LogP contribution in [0.5, 0.6) is 5.75 Å². The first kappa shape index (κ1) is 14.8. The van der Waals surface area contributed by atoms with Gasteiger partial charge in [-0.2, -0.15) is 0 Å². The number of aryl methyl sites for hydroxylation is 1. The van der Waals surface area contributed by atoms with Gasteiger partial charge in [0, 0.05) is 10.0 Å². The Labute approximate surface area is 127 Å². The highest BCUT2D eigenvalue weighted by Crippen LogP contribution is 2.29. The van der Waals surface area contributed by atoms with Crippen molar-refractivity contribution >= 4 is 21.7 Å². The molecule has 2 aromatic rings. The van der Waals surface area contributed by atoms with Crippen LogP contribution in [0.2, 0.25) is 0 Å². The number of hydrogen-bond donors (Lipinski definition) is 0. The molecule has 0 aliphatic rings. The Kier molecular flexibility index (Phi) is 4.96. The summed E-state index contributed by atoms with van der Waals surface area (Å²) < 4.78 is 6.67. The van der Waals surface area contributed by atoms with Gasteiger partial charge in [-0.3, -0.25) is 4.79 Å². The van der Waals surface area contributed by atoms with Crippen molar-refractivity contribution in [1.82, 2.24) is 0 Å². The Balaban J connectivity index is 2.23. The molecule has 0 radical (unpaired) electrons. The summed E-state index contributed by atoms with van der Waals surface area (Å²) in [5.74, 6) is 0.884. The lowest BCUT2D eigenvalue weighted by Crippen LogP contribution is -2.02. The minimum atomic E-state index is 0.0567. The van der Waals surface area contributed by atoms with E-state index >= 15 is 0 Å². The molecule has 0 bridgehead atoms. The molecular formula is C17H17BrO2. The molecule has 0 unspecified atom stereocenters. The number of rotatable bonds is 5. The maximum atomic E-state index is 11.6. The predicted molar refractivity (Wildman–Crippen MR) is 84.3 cm³/mol. The molecule has 0 amide bonds. The fourth-order valence-corrected chi connectivity index (χ4v) is 2.62. The Hall–Kier alpha value is -1.61. The molecule has 2 rings (SSSR count). The normalized spacial score (nSPS) is 10.3. The maximum absolute atomic E-state index is 11.6. The van der Waals surface area contributed by atoms with E-state index in [1.165, 1.54) is 0 Å². The molecular weight excluding hydrogens is 316 g/mol. The molecule has 2 aromatic carbocycles. The van der Waals surface area contributed by atoms with Crippen LogP contribution >= 0.6 is 15.9 Å². The van der Waals surface area contributed by atoms with E-state index < -0.39 is 0 Å². The number of Topliss-reactive ketones (excluding diaryl/α,β-unsaturated/α-hetero) is 1. The van der Waals surface area contributed by atoms with E-state index in [9.17, 15) is 4.79 Å². The average Bonchev–Trinajstić information content (AvgIpc) is 2.46. The monoisotopic (exact) mass is 332 g/mol. The first-order valence-electron chi connectivity index (χ1n) is 6.62. The van der Waals surface area contributed by atoms with Gasteiger partial charge in [-0.05, 0) is 52.5 Å². The van der Waals surface area contributed by atoms with Crippen molar-refractivity contribution in [3.8, 4) is 5.75 Å². The second kappa shape index (κ2) is 6.71. The molecule has 3 heteroatoms. The van der Waals surface area contributed by atoms with Gasteiger partial charge in [0.15, 0.2) is 5.78 Å². The summed E-state index contributed by atoms with van der Waals surface area (Å²) in [5.41, 5.74) is 2.88. The van der Waals surface area contributed by atoms with Crippen molar-refractivity contribution in [2.24, 2.45) is 0 Å². The van der Waals surface area contributed by atoms with E-state index in [1.54, 1.807) is 6.92 Å². The van der Waals surface area contributed by atoms with Gasteiger partial charge in [0.2, 0.25) is 0 Å². The molecule has 0 aliphatic carbocycles. The topological polar surface area (TPSA) is 26.3 Å². The molecule has 0 heterocycles. The highest BCUT2D eigenvalue weighted by Gasteiger charge is 2.11. The Morgan fingerprint density at radius 1 is 1.20 bits per heavy atom. The average molecular weight is 333 g/mol. The molecule has 0 spiro atoms. The molecule has 0 atom stereocenters. The molecule has 0 fully saturated rings. The van der Waals surface area contributed by atoms with Crippen LogP contribution in [0.3, 0.4) is 0 Å². The van der Waals surface area contributed by atoms with Crippen LogP contribution in [0.15, 0.2) is 46.9 Å². The van der Waals surface area contributed by atoms with Crippen LogP contribution in [-0.2, 0) is 13.0 Å². The molecule has 0 saturated heterocycles. The standard InChI is InChI=1S/C17H17BrO2/c1-3-14-9-15(12(2)19)16(18)10-17(14)20-11-13-7-5-4-6-8-13/h4-10H,3,11H2,1-2H3. The van der Waals surface area contributed by atoms with Gasteiger partial charge in [0.05, 0.1) is 0 Å². The van der Waals surface area contributed by atoms with Gasteiger partial charge in [-0.15, -0.1) is 0 Å². The number of halogens is 1. The fourth-order valence-electron chi connectivity index (χ4n) is 2.02. The maximum Gasteiger partial charge on any atom is 0.160 e. The lowest BCUT2D eigenvalue weighted by Gasteiger charge is -2.13. The van der Waals surface area contributed by atoms with Crippen molar-refractivity contribution in [3.05, 3.63) is 63.6 Å². The Morgan fingerprint density at radius 2 is 1.90 bits per heavy atom. The van der Waals surface area contributed by atoms with Crippen LogP contribution in [0, 0.1) is 0 Å². The third-order valence-corrected chi connectivity index (χ3v) is 3.80. The molecule has 2 nitrogen and oxygen atoms in total. The minimum absolute atomic E-state index is 0.0567. The number of hydrogen-bond acceptors (Lipinski definition) is 2. The number of carbonyl (C=O) groups is 1. The highest BCUT2D eigenvalue weighted by molar-refractivity contribution is 9.10. The molecule has 0 aliphatic heterocycles. The van der Waals surface area contributed by atoms with E-state index in [-0.39, 0.29) is 5.78 Å². The number of benzene rings is 2. The van der Waals surface area contributed by atoms with Gasteiger partial charge in [0.1, 0.15) is 12.4 Å². The third kappa shape index (κ3) is 3.48. The van der Waals surface area contributed by atoms with Gasteiger partial charge < -0.3 is 4.74 Å². The van der Waals surface area contributed by atoms with E-state index in [4.69, 9.17) is 4.74 Å². The van der Waals surface area contributed by atoms with Gasteiger partial charge in [0.25, 0.3) is 0 Å². The van der Waals surface area contributed by atoms with Crippen molar-refractivity contribution in [3.63, 3.8) is 0 Å². The first-order chi connectivity index (χ1) is 9.61. The van der Waals surface area contributed by atoms with Crippen molar-refractivity contribution in [2.45, 2.75) is 26.9 Å². The summed E-state index contributed by atoms with van der Waals surface area (Å²) in [6, 6.07) is 13.8. The Bertz CT molecular complexity index is 606. The minimum Gasteiger partial charge on any atom is -0.489 e. The Morgan fingerprint density at radius 3 is 2.50 bits per heavy atom. The molecule has 104 valence electrons. The molecule has 0 aromatic heterocycles. The van der Waals surface area contributed by atoms with Crippen LogP contribution in [-0.4, -0.2) is 5.78 Å². The van der Waals surface area contributed by atoms with Crippen LogP contribution in [0.25, 0.3) is 0 Å². The SMILES string of the molecule is CCc1cc(C(C)=O)c(Br)cc1OCc1ccccc1. The lowest BCUT2D eigenvalue weighted by atomic mass is 10.1. The number of ketones is 1. The third-order valence-electron chi connectivity index (χ3n) is 3.15. The van der Waals surface area contributed by atoms with E-state index in [1.807, 2.05) is 42.5 Å². The van der Waals surface area contributed by atoms with Gasteiger partial charge in [-0.25, -0.2) is 0 Å². The largest absolute Gasteiger partial charge is 0.489 e. The summed E-state index contributed by atoms with van der Waals surface area (Å²) >= 11 is 3.44. The summed E-state index contributed by atoms with van der Waals surface area (Å²) in [4.78, 5) is 11.6. The predicted octanol–water partition coefficient (Wildman–Crippen LogP) is 4.79. The number of carbonyl (C=O) groups excluding carboxylic acids is 1. The van der Waals surface area contributed by atoms with E-state index in [0.29, 0.717) is 12.2 Å². The second-order valence-electron chi connectivity index (χ2n) is 4.62. The summed E-state index contributed by atoms with van der Waals surface area (Å²) in [6.07, 6.45) is 0.831. The van der Waals surface area contributed by atoms with E-state index in [2.05, 4.69) is 22.9 Å². The summed E-state index contributed by atoms with van der Waals surface area (Å²) in [6.45, 7) is 4.16. The summed E-state index contributed by atoms with van der Waals surface area (Å²) in [7, 11) is 0. The smallest absolute Gasteiger partial charge is 0.160 e. The zero-order valence-electron chi connectivity index (χ0n) is 11.7. The first-order valence-corrected chi connectivity index (χ1v) is 7.41. The number of ether oxygens (including phenoxy) is 1. The van der Waals surface area contributed by atoms with Gasteiger partial charge in [-0.1, -0.05) is 37.3 Å². The lowest BCUT2D eigenvalue weighted by molar-refractivity contribution is 0.101. The molecule has 0 saturated carbocycles. The van der Waals surface area contributed by atoms with E-state index in [0.717, 1.165) is 27.8 Å². The molecule has 0 N–H and O–H groups in total. The van der Waals surface area contributed by atoms with Crippen LogP contribution in [0.4, 0.5) is 0 Å². The quantitative estimate of drug-likeness (QED) is 0.735. The zero-order chi connectivity index (χ0) is 14.5. The van der Waals surface area contributed by atoms with Crippen molar-refractivity contribution in [1.29, 1.82) is 0 Å². The van der Waals surface area contributed by atoms with Crippen molar-refractivity contribution < 1.29 is 9.53 Å². The highest BCUT2D eigenvalue weighted by atomic mass is 79.9. The fraction of sp³-hybridized carbons (Fsp3) is 0.235.